The minimum Gasteiger partial charge on any atom is -0.361 e. The van der Waals surface area contributed by atoms with Gasteiger partial charge in [-0.3, -0.25) is 4.79 Å². The summed E-state index contributed by atoms with van der Waals surface area (Å²) in [5.41, 5.74) is 1.72. The van der Waals surface area contributed by atoms with Crippen molar-refractivity contribution in [2.45, 2.75) is 26.7 Å². The predicted molar refractivity (Wildman–Crippen MR) is 82.3 cm³/mol. The second kappa shape index (κ2) is 5.42. The summed E-state index contributed by atoms with van der Waals surface area (Å²) in [6, 6.07) is 8.12. The zero-order valence-corrected chi connectivity index (χ0v) is 12.2. The van der Waals surface area contributed by atoms with Gasteiger partial charge < -0.3 is 10.3 Å². The Hall–Kier alpha value is -2.21. The number of terminal acetylenes is 1. The molecule has 0 saturated carbocycles. The van der Waals surface area contributed by atoms with Crippen LogP contribution in [-0.2, 0) is 4.79 Å². The highest BCUT2D eigenvalue weighted by molar-refractivity contribution is 5.87. The molecule has 1 unspecified atom stereocenters. The maximum atomic E-state index is 12.3. The fraction of sp³-hybridized carbons (Fsp3) is 0.353. The van der Waals surface area contributed by atoms with E-state index in [1.807, 2.05) is 38.2 Å². The van der Waals surface area contributed by atoms with Crippen LogP contribution in [0, 0.1) is 17.8 Å². The van der Waals surface area contributed by atoms with Crippen LogP contribution in [-0.4, -0.2) is 17.4 Å². The number of H-pyrrole nitrogens is 1. The highest BCUT2D eigenvalue weighted by atomic mass is 16.2. The summed E-state index contributed by atoms with van der Waals surface area (Å²) in [6.45, 7) is 6.24. The van der Waals surface area contributed by atoms with Gasteiger partial charge >= 0.3 is 0 Å². The second-order valence-electron chi connectivity index (χ2n) is 5.62. The summed E-state index contributed by atoms with van der Waals surface area (Å²) in [7, 11) is 0. The highest BCUT2D eigenvalue weighted by Gasteiger charge is 2.35. The van der Waals surface area contributed by atoms with E-state index in [4.69, 9.17) is 6.42 Å². The summed E-state index contributed by atoms with van der Waals surface area (Å²) >= 11 is 0. The second-order valence-corrected chi connectivity index (χ2v) is 5.62. The number of carbonyl (C=O) groups excluding carboxylic acids is 1. The standard InChI is InChI=1S/C17H20N2O/c1-5-10-18-16(20)17(3,4)12(2)14-11-19-15-9-7-6-8-13(14)15/h1,6-9,11-12,19H,10H2,2-4H3,(H,18,20). The Morgan fingerprint density at radius 3 is 2.85 bits per heavy atom. The average Bonchev–Trinajstić information content (AvgIpc) is 2.87. The van der Waals surface area contributed by atoms with E-state index >= 15 is 0 Å². The van der Waals surface area contributed by atoms with Crippen LogP contribution in [0.25, 0.3) is 10.9 Å². The molecule has 0 saturated heterocycles. The first kappa shape index (κ1) is 14.2. The molecule has 3 nitrogen and oxygen atoms in total. The number of fused-ring (bicyclic) bond motifs is 1. The smallest absolute Gasteiger partial charge is 0.227 e. The van der Waals surface area contributed by atoms with Crippen LogP contribution in [0.2, 0.25) is 0 Å². The topological polar surface area (TPSA) is 44.9 Å². The van der Waals surface area contributed by atoms with E-state index in [9.17, 15) is 4.79 Å². The van der Waals surface area contributed by atoms with Gasteiger partial charge in [-0.2, -0.15) is 0 Å². The van der Waals surface area contributed by atoms with Gasteiger partial charge in [-0.15, -0.1) is 6.42 Å². The third-order valence-electron chi connectivity index (χ3n) is 4.11. The number of amides is 1. The van der Waals surface area contributed by atoms with E-state index in [-0.39, 0.29) is 18.4 Å². The van der Waals surface area contributed by atoms with E-state index in [0.29, 0.717) is 0 Å². The van der Waals surface area contributed by atoms with Crippen molar-refractivity contribution in [3.05, 3.63) is 36.0 Å². The molecule has 3 heteroatoms. The Bertz CT molecular complexity index is 661. The first-order valence-electron chi connectivity index (χ1n) is 6.76. The van der Waals surface area contributed by atoms with Crippen LogP contribution in [0.3, 0.4) is 0 Å². The van der Waals surface area contributed by atoms with Crippen LogP contribution in [0.5, 0.6) is 0 Å². The molecule has 0 aliphatic heterocycles. The van der Waals surface area contributed by atoms with Crippen LogP contribution < -0.4 is 5.32 Å². The molecule has 1 aromatic heterocycles. The molecule has 2 rings (SSSR count). The lowest BCUT2D eigenvalue weighted by Crippen LogP contribution is -2.40. The molecule has 0 aliphatic rings. The summed E-state index contributed by atoms with van der Waals surface area (Å²) in [5, 5.41) is 3.94. The zero-order chi connectivity index (χ0) is 14.8. The van der Waals surface area contributed by atoms with Crippen LogP contribution in [0.15, 0.2) is 30.5 Å². The Balaban J connectivity index is 2.32. The first-order valence-corrected chi connectivity index (χ1v) is 6.76. The molecular weight excluding hydrogens is 248 g/mol. The molecule has 1 amide bonds. The van der Waals surface area contributed by atoms with Crippen molar-refractivity contribution in [2.75, 3.05) is 6.54 Å². The minimum atomic E-state index is -0.526. The minimum absolute atomic E-state index is 0.0202. The van der Waals surface area contributed by atoms with Crippen molar-refractivity contribution in [1.82, 2.24) is 10.3 Å². The Morgan fingerprint density at radius 2 is 2.15 bits per heavy atom. The maximum Gasteiger partial charge on any atom is 0.227 e. The van der Waals surface area contributed by atoms with E-state index < -0.39 is 5.41 Å². The molecule has 0 spiro atoms. The monoisotopic (exact) mass is 268 g/mol. The molecule has 2 N–H and O–H groups in total. The van der Waals surface area contributed by atoms with E-state index in [2.05, 4.69) is 29.2 Å². The van der Waals surface area contributed by atoms with Gasteiger partial charge in [-0.1, -0.05) is 44.9 Å². The molecule has 1 heterocycles. The molecule has 0 bridgehead atoms. The van der Waals surface area contributed by atoms with E-state index in [0.717, 1.165) is 16.5 Å². The quantitative estimate of drug-likeness (QED) is 0.822. The van der Waals surface area contributed by atoms with Crippen molar-refractivity contribution in [1.29, 1.82) is 0 Å². The van der Waals surface area contributed by atoms with E-state index in [1.165, 1.54) is 0 Å². The number of aromatic nitrogens is 1. The number of para-hydroxylation sites is 1. The summed E-state index contributed by atoms with van der Waals surface area (Å²) in [4.78, 5) is 15.5. The normalized spacial score (nSPS) is 12.9. The lowest BCUT2D eigenvalue weighted by molar-refractivity contribution is -0.130. The molecule has 104 valence electrons. The van der Waals surface area contributed by atoms with Gasteiger partial charge in [0.05, 0.1) is 12.0 Å². The number of hydrogen-bond donors (Lipinski definition) is 2. The number of aromatic amines is 1. The zero-order valence-electron chi connectivity index (χ0n) is 12.2. The van der Waals surface area contributed by atoms with Crippen LogP contribution in [0.4, 0.5) is 0 Å². The van der Waals surface area contributed by atoms with Crippen molar-refractivity contribution in [2.24, 2.45) is 5.41 Å². The Kier molecular flexibility index (Phi) is 3.85. The van der Waals surface area contributed by atoms with E-state index in [1.54, 1.807) is 0 Å². The molecule has 1 aromatic carbocycles. The van der Waals surface area contributed by atoms with Gasteiger partial charge in [0.1, 0.15) is 0 Å². The predicted octanol–water partition coefficient (Wildman–Crippen LogP) is 3.05. The van der Waals surface area contributed by atoms with Gasteiger partial charge in [-0.25, -0.2) is 0 Å². The number of nitrogens with one attached hydrogen (secondary N) is 2. The Morgan fingerprint density at radius 1 is 1.45 bits per heavy atom. The molecule has 0 aliphatic carbocycles. The third kappa shape index (κ3) is 2.42. The van der Waals surface area contributed by atoms with Gasteiger partial charge in [-0.05, 0) is 17.5 Å². The summed E-state index contributed by atoms with van der Waals surface area (Å²) in [5.74, 6) is 2.50. The van der Waals surface area contributed by atoms with Crippen molar-refractivity contribution in [3.8, 4) is 12.3 Å². The maximum absolute atomic E-state index is 12.3. The molecule has 0 radical (unpaired) electrons. The number of carbonyl (C=O) groups is 1. The highest BCUT2D eigenvalue weighted by Crippen LogP contribution is 2.38. The van der Waals surface area contributed by atoms with Crippen molar-refractivity contribution in [3.63, 3.8) is 0 Å². The van der Waals surface area contributed by atoms with Gasteiger partial charge in [0.15, 0.2) is 0 Å². The fourth-order valence-electron chi connectivity index (χ4n) is 2.40. The summed E-state index contributed by atoms with van der Waals surface area (Å²) < 4.78 is 0. The molecular formula is C17H20N2O. The molecule has 2 aromatic rings. The van der Waals surface area contributed by atoms with Gasteiger partial charge in [0.2, 0.25) is 5.91 Å². The van der Waals surface area contributed by atoms with Crippen molar-refractivity contribution >= 4 is 16.8 Å². The molecule has 0 fully saturated rings. The number of benzene rings is 1. The lowest BCUT2D eigenvalue weighted by Gasteiger charge is -2.30. The molecule has 1 atom stereocenters. The van der Waals surface area contributed by atoms with Crippen LogP contribution in [0.1, 0.15) is 32.3 Å². The molecule has 20 heavy (non-hydrogen) atoms. The average molecular weight is 268 g/mol. The van der Waals surface area contributed by atoms with Crippen molar-refractivity contribution < 1.29 is 4.79 Å². The Labute approximate surface area is 119 Å². The van der Waals surface area contributed by atoms with Crippen LogP contribution >= 0.6 is 0 Å². The SMILES string of the molecule is C#CCNC(=O)C(C)(C)C(C)c1c[nH]c2ccccc12. The number of rotatable bonds is 4. The number of hydrogen-bond acceptors (Lipinski definition) is 1. The summed E-state index contributed by atoms with van der Waals surface area (Å²) in [6.07, 6.45) is 7.19. The lowest BCUT2D eigenvalue weighted by atomic mass is 9.75. The van der Waals surface area contributed by atoms with Gasteiger partial charge in [0.25, 0.3) is 0 Å². The van der Waals surface area contributed by atoms with Gasteiger partial charge in [0, 0.05) is 17.1 Å². The first-order chi connectivity index (χ1) is 9.48. The third-order valence-corrected chi connectivity index (χ3v) is 4.11. The largest absolute Gasteiger partial charge is 0.361 e. The fourth-order valence-corrected chi connectivity index (χ4v) is 2.40.